The molecule has 0 saturated heterocycles. The van der Waals surface area contributed by atoms with Crippen molar-refractivity contribution in [3.63, 3.8) is 0 Å². The summed E-state index contributed by atoms with van der Waals surface area (Å²) in [5.41, 5.74) is 5.60. The summed E-state index contributed by atoms with van der Waals surface area (Å²) in [6, 6.07) is 64.4. The Balaban J connectivity index is 1.39. The van der Waals surface area contributed by atoms with Gasteiger partial charge in [-0.2, -0.15) is 5.26 Å². The molecule has 0 unspecified atom stereocenters. The summed E-state index contributed by atoms with van der Waals surface area (Å²) in [6.45, 7) is 7.92. The minimum Gasteiger partial charge on any atom is -0.310 e. The number of fused-ring (bicyclic) bond motifs is 3. The van der Waals surface area contributed by atoms with Gasteiger partial charge in [0.25, 0.3) is 0 Å². The van der Waals surface area contributed by atoms with Crippen LogP contribution in [0.15, 0.2) is 176 Å². The van der Waals surface area contributed by atoms with E-state index in [9.17, 15) is 5.26 Å². The summed E-state index contributed by atoms with van der Waals surface area (Å²) in [5.74, 6) is 0. The lowest BCUT2D eigenvalue weighted by atomic mass is 9.99. The first-order chi connectivity index (χ1) is 23.7. The third-order valence-corrected chi connectivity index (χ3v) is 14.2. The zero-order valence-electron chi connectivity index (χ0n) is 26.1. The van der Waals surface area contributed by atoms with Gasteiger partial charge >= 0.3 is 0 Å². The molecule has 0 N–H and O–H groups in total. The van der Waals surface area contributed by atoms with E-state index in [-0.39, 0.29) is 0 Å². The van der Waals surface area contributed by atoms with E-state index in [1.54, 1.807) is 0 Å². The fourth-order valence-corrected chi connectivity index (χ4v) is 12.1. The molecule has 48 heavy (non-hydrogen) atoms. The molecule has 4 heteroatoms. The van der Waals surface area contributed by atoms with Crippen LogP contribution in [-0.2, 0) is 0 Å². The normalized spacial score (nSPS) is 11.3. The van der Waals surface area contributed by atoms with Gasteiger partial charge in [-0.05, 0) is 50.6 Å². The second-order valence-corrected chi connectivity index (χ2v) is 15.7. The molecule has 8 aromatic rings. The highest BCUT2D eigenvalue weighted by molar-refractivity contribution is 7.19. The van der Waals surface area contributed by atoms with Gasteiger partial charge in [-0.3, -0.25) is 0 Å². The fourth-order valence-electron chi connectivity index (χ4n) is 7.32. The Morgan fingerprint density at radius 2 is 0.958 bits per heavy atom. The van der Waals surface area contributed by atoms with Crippen LogP contribution in [0.5, 0.6) is 0 Å². The average molecular weight is 628 g/mol. The van der Waals surface area contributed by atoms with Crippen LogP contribution < -0.4 is 20.7 Å². The van der Waals surface area contributed by atoms with E-state index in [1.165, 1.54) is 20.7 Å². The molecular formula is C44H29N3Si. The van der Waals surface area contributed by atoms with Gasteiger partial charge in [-0.1, -0.05) is 152 Å². The van der Waals surface area contributed by atoms with E-state index in [0.717, 1.165) is 38.6 Å². The average Bonchev–Trinajstić information content (AvgIpc) is 3.50. The van der Waals surface area contributed by atoms with Crippen molar-refractivity contribution in [2.75, 3.05) is 0 Å². The van der Waals surface area contributed by atoms with Crippen LogP contribution in [0.4, 0.5) is 5.69 Å². The van der Waals surface area contributed by atoms with Gasteiger partial charge < -0.3 is 4.57 Å². The Bertz CT molecular complexity index is 2350. The van der Waals surface area contributed by atoms with Crippen LogP contribution in [0.3, 0.4) is 0 Å². The molecule has 0 spiro atoms. The first-order valence-electron chi connectivity index (χ1n) is 16.0. The molecule has 7 aromatic carbocycles. The van der Waals surface area contributed by atoms with Crippen molar-refractivity contribution < 1.29 is 0 Å². The molecule has 0 aliphatic heterocycles. The van der Waals surface area contributed by atoms with E-state index in [2.05, 4.69) is 167 Å². The van der Waals surface area contributed by atoms with Gasteiger partial charge in [-0.25, -0.2) is 4.85 Å². The maximum Gasteiger partial charge on any atom is 0.206 e. The van der Waals surface area contributed by atoms with Gasteiger partial charge in [0.1, 0.15) is 0 Å². The highest BCUT2D eigenvalue weighted by Gasteiger charge is 2.41. The van der Waals surface area contributed by atoms with Gasteiger partial charge in [0.05, 0.1) is 29.2 Å². The number of benzene rings is 7. The monoisotopic (exact) mass is 627 g/mol. The number of hydrogen-bond acceptors (Lipinski definition) is 1. The second-order valence-electron chi connectivity index (χ2n) is 11.9. The highest BCUT2D eigenvalue weighted by atomic mass is 28.3. The van der Waals surface area contributed by atoms with E-state index < -0.39 is 8.07 Å². The molecule has 1 heterocycles. The Labute approximate surface area is 281 Å². The standard InChI is InChI=1S/C44H29N3Si/c1-46-41-30-44(47-42-23-13-11-21-38(42)39-22-12-14-24-43(39)47)40(29-33(41)31-45)32-25-27-37(28-26-32)48(34-15-5-2-6-16-34,35-17-7-3-8-18-35)36-19-9-4-10-20-36/h2-30H. The van der Waals surface area contributed by atoms with E-state index in [1.807, 2.05) is 24.3 Å². The van der Waals surface area contributed by atoms with Crippen molar-refractivity contribution in [1.29, 1.82) is 5.26 Å². The van der Waals surface area contributed by atoms with Gasteiger partial charge in [0, 0.05) is 22.0 Å². The molecule has 224 valence electrons. The predicted molar refractivity (Wildman–Crippen MR) is 201 cm³/mol. The van der Waals surface area contributed by atoms with Crippen molar-refractivity contribution in [3.05, 3.63) is 193 Å². The molecule has 0 saturated carbocycles. The smallest absolute Gasteiger partial charge is 0.206 e. The lowest BCUT2D eigenvalue weighted by Crippen LogP contribution is -2.74. The van der Waals surface area contributed by atoms with Crippen LogP contribution >= 0.6 is 0 Å². The van der Waals surface area contributed by atoms with Crippen LogP contribution in [0, 0.1) is 17.9 Å². The van der Waals surface area contributed by atoms with Gasteiger partial charge in [0.2, 0.25) is 5.69 Å². The predicted octanol–water partition coefficient (Wildman–Crippen LogP) is 8.25. The summed E-state index contributed by atoms with van der Waals surface area (Å²) in [4.78, 5) is 3.77. The van der Waals surface area contributed by atoms with Crippen molar-refractivity contribution in [2.45, 2.75) is 0 Å². The minimum atomic E-state index is -2.69. The molecule has 0 radical (unpaired) electrons. The minimum absolute atomic E-state index is 0.346. The highest BCUT2D eigenvalue weighted by Crippen LogP contribution is 2.39. The number of hydrogen-bond donors (Lipinski definition) is 0. The maximum absolute atomic E-state index is 10.1. The third-order valence-electron chi connectivity index (χ3n) is 9.43. The molecule has 0 aliphatic rings. The van der Waals surface area contributed by atoms with Crippen LogP contribution in [-0.4, -0.2) is 12.6 Å². The molecule has 0 aliphatic carbocycles. The SMILES string of the molecule is [C-]#[N+]c1cc(-n2c3ccccc3c3ccccc32)c(-c2ccc([Si](c3ccccc3)(c3ccccc3)c3ccccc3)cc2)cc1C#N. The molecule has 0 fully saturated rings. The van der Waals surface area contributed by atoms with Crippen molar-refractivity contribution >= 4 is 56.3 Å². The quantitative estimate of drug-likeness (QED) is 0.104. The topological polar surface area (TPSA) is 33.1 Å². The largest absolute Gasteiger partial charge is 0.310 e. The van der Waals surface area contributed by atoms with Crippen molar-refractivity contribution in [1.82, 2.24) is 4.57 Å². The zero-order chi connectivity index (χ0) is 32.5. The number of para-hydroxylation sites is 2. The van der Waals surface area contributed by atoms with Gasteiger partial charge in [-0.15, -0.1) is 0 Å². The Hall–Kier alpha value is -6.46. The van der Waals surface area contributed by atoms with Crippen LogP contribution in [0.25, 0.3) is 43.5 Å². The first kappa shape index (κ1) is 29.0. The molecule has 0 bridgehead atoms. The lowest BCUT2D eigenvalue weighted by molar-refractivity contribution is 1.18. The lowest BCUT2D eigenvalue weighted by Gasteiger charge is -2.34. The van der Waals surface area contributed by atoms with Crippen LogP contribution in [0.2, 0.25) is 0 Å². The van der Waals surface area contributed by atoms with Crippen molar-refractivity contribution in [2.24, 2.45) is 0 Å². The molecular weight excluding hydrogens is 599 g/mol. The second kappa shape index (κ2) is 12.0. The molecule has 0 amide bonds. The first-order valence-corrected chi connectivity index (χ1v) is 18.0. The van der Waals surface area contributed by atoms with E-state index in [0.29, 0.717) is 11.3 Å². The Morgan fingerprint density at radius 1 is 0.521 bits per heavy atom. The zero-order valence-corrected chi connectivity index (χ0v) is 27.1. The number of nitriles is 1. The van der Waals surface area contributed by atoms with Crippen LogP contribution in [0.1, 0.15) is 5.56 Å². The summed E-state index contributed by atoms with van der Waals surface area (Å²) in [6.07, 6.45) is 0. The Kier molecular flexibility index (Phi) is 7.27. The van der Waals surface area contributed by atoms with E-state index in [4.69, 9.17) is 6.57 Å². The molecule has 8 rings (SSSR count). The maximum atomic E-state index is 10.1. The van der Waals surface area contributed by atoms with Gasteiger partial charge in [0.15, 0.2) is 8.07 Å². The molecule has 3 nitrogen and oxygen atoms in total. The number of aromatic nitrogens is 1. The summed E-state index contributed by atoms with van der Waals surface area (Å²) >= 11 is 0. The fraction of sp³-hybridized carbons (Fsp3) is 0. The third kappa shape index (κ3) is 4.55. The van der Waals surface area contributed by atoms with E-state index >= 15 is 0 Å². The summed E-state index contributed by atoms with van der Waals surface area (Å²) < 4.78 is 2.24. The molecule has 1 aromatic heterocycles. The summed E-state index contributed by atoms with van der Waals surface area (Å²) in [7, 11) is -2.69. The summed E-state index contributed by atoms with van der Waals surface area (Å²) in [5, 5.41) is 17.6. The number of nitrogens with zero attached hydrogens (tertiary/aromatic N) is 3. The Morgan fingerprint density at radius 3 is 1.42 bits per heavy atom. The molecule has 0 atom stereocenters. The number of rotatable bonds is 6. The van der Waals surface area contributed by atoms with Crippen molar-refractivity contribution in [3.8, 4) is 22.9 Å².